The summed E-state index contributed by atoms with van der Waals surface area (Å²) in [6, 6.07) is 0. The lowest BCUT2D eigenvalue weighted by atomic mass is 9.75. The standard InChI is InChI=1S/C8H12O3/c1-6(10)11-5-8-3-2-7(8)4-9/h4,7-8H,2-3,5H2,1H3. The van der Waals surface area contributed by atoms with E-state index in [-0.39, 0.29) is 17.8 Å². The molecule has 0 spiro atoms. The zero-order valence-electron chi connectivity index (χ0n) is 6.58. The van der Waals surface area contributed by atoms with Crippen LogP contribution >= 0.6 is 0 Å². The number of hydrogen-bond donors (Lipinski definition) is 0. The first-order valence-electron chi connectivity index (χ1n) is 3.82. The summed E-state index contributed by atoms with van der Waals surface area (Å²) in [4.78, 5) is 20.7. The third kappa shape index (κ3) is 2.03. The Hall–Kier alpha value is -0.860. The highest BCUT2D eigenvalue weighted by Gasteiger charge is 2.30. The van der Waals surface area contributed by atoms with Crippen LogP contribution in [-0.4, -0.2) is 18.9 Å². The molecule has 0 amide bonds. The van der Waals surface area contributed by atoms with Gasteiger partial charge in [-0.25, -0.2) is 0 Å². The summed E-state index contributed by atoms with van der Waals surface area (Å²) >= 11 is 0. The van der Waals surface area contributed by atoms with Crippen LogP contribution in [0.25, 0.3) is 0 Å². The molecule has 2 atom stereocenters. The quantitative estimate of drug-likeness (QED) is 0.448. The SMILES string of the molecule is CC(=O)OCC1CCC1C=O. The molecule has 0 aromatic heterocycles. The van der Waals surface area contributed by atoms with Gasteiger partial charge in [0.25, 0.3) is 0 Å². The molecule has 0 aromatic carbocycles. The fourth-order valence-corrected chi connectivity index (χ4v) is 1.21. The number of rotatable bonds is 3. The molecule has 1 saturated carbocycles. The number of esters is 1. The van der Waals surface area contributed by atoms with Gasteiger partial charge in [-0.2, -0.15) is 0 Å². The maximum Gasteiger partial charge on any atom is 0.302 e. The van der Waals surface area contributed by atoms with Crippen molar-refractivity contribution in [1.82, 2.24) is 0 Å². The number of carbonyl (C=O) groups excluding carboxylic acids is 2. The van der Waals surface area contributed by atoms with Crippen LogP contribution in [-0.2, 0) is 14.3 Å². The van der Waals surface area contributed by atoms with Crippen molar-refractivity contribution in [1.29, 1.82) is 0 Å². The van der Waals surface area contributed by atoms with Crippen LogP contribution < -0.4 is 0 Å². The first kappa shape index (κ1) is 8.24. The summed E-state index contributed by atoms with van der Waals surface area (Å²) in [7, 11) is 0. The predicted octanol–water partition coefficient (Wildman–Crippen LogP) is 0.775. The van der Waals surface area contributed by atoms with Crippen LogP contribution in [0.3, 0.4) is 0 Å². The fraction of sp³-hybridized carbons (Fsp3) is 0.750. The van der Waals surface area contributed by atoms with Crippen LogP contribution in [0, 0.1) is 11.8 Å². The highest BCUT2D eigenvalue weighted by atomic mass is 16.5. The Morgan fingerprint density at radius 3 is 2.73 bits per heavy atom. The second kappa shape index (κ2) is 3.51. The largest absolute Gasteiger partial charge is 0.466 e. The van der Waals surface area contributed by atoms with Crippen molar-refractivity contribution in [3.63, 3.8) is 0 Å². The van der Waals surface area contributed by atoms with Gasteiger partial charge < -0.3 is 9.53 Å². The van der Waals surface area contributed by atoms with E-state index >= 15 is 0 Å². The molecule has 0 radical (unpaired) electrons. The highest BCUT2D eigenvalue weighted by Crippen LogP contribution is 2.32. The Morgan fingerprint density at radius 2 is 2.36 bits per heavy atom. The minimum atomic E-state index is -0.262. The van der Waals surface area contributed by atoms with Crippen molar-refractivity contribution in [2.75, 3.05) is 6.61 Å². The van der Waals surface area contributed by atoms with Crippen molar-refractivity contribution in [2.24, 2.45) is 11.8 Å². The molecule has 3 heteroatoms. The Kier molecular flexibility index (Phi) is 2.63. The summed E-state index contributed by atoms with van der Waals surface area (Å²) in [5.41, 5.74) is 0. The van der Waals surface area contributed by atoms with Gasteiger partial charge in [-0.1, -0.05) is 0 Å². The number of carbonyl (C=O) groups is 2. The molecule has 3 nitrogen and oxygen atoms in total. The first-order valence-corrected chi connectivity index (χ1v) is 3.82. The summed E-state index contributed by atoms with van der Waals surface area (Å²) in [6.45, 7) is 1.80. The van der Waals surface area contributed by atoms with Gasteiger partial charge in [0, 0.05) is 18.8 Å². The average molecular weight is 156 g/mol. The molecule has 0 bridgehead atoms. The van der Waals surface area contributed by atoms with Crippen LogP contribution in [0.4, 0.5) is 0 Å². The van der Waals surface area contributed by atoms with E-state index in [1.165, 1.54) is 6.92 Å². The minimum absolute atomic E-state index is 0.134. The van der Waals surface area contributed by atoms with Crippen molar-refractivity contribution in [3.05, 3.63) is 0 Å². The normalized spacial score (nSPS) is 28.8. The van der Waals surface area contributed by atoms with E-state index in [0.29, 0.717) is 6.61 Å². The summed E-state index contributed by atoms with van der Waals surface area (Å²) in [5.74, 6) is 0.160. The Bertz CT molecular complexity index is 165. The maximum absolute atomic E-state index is 10.4. The van der Waals surface area contributed by atoms with Crippen molar-refractivity contribution >= 4 is 12.3 Å². The topological polar surface area (TPSA) is 43.4 Å². The zero-order valence-corrected chi connectivity index (χ0v) is 6.58. The van der Waals surface area contributed by atoms with E-state index in [2.05, 4.69) is 0 Å². The van der Waals surface area contributed by atoms with E-state index in [0.717, 1.165) is 19.1 Å². The summed E-state index contributed by atoms with van der Waals surface area (Å²) < 4.78 is 4.78. The molecule has 1 fully saturated rings. The van der Waals surface area contributed by atoms with E-state index in [1.54, 1.807) is 0 Å². The molecule has 11 heavy (non-hydrogen) atoms. The van der Waals surface area contributed by atoms with Gasteiger partial charge in [0.2, 0.25) is 0 Å². The number of ether oxygens (including phenoxy) is 1. The Morgan fingerprint density at radius 1 is 1.64 bits per heavy atom. The van der Waals surface area contributed by atoms with Gasteiger partial charge >= 0.3 is 5.97 Å². The molecule has 0 N–H and O–H groups in total. The van der Waals surface area contributed by atoms with Crippen molar-refractivity contribution < 1.29 is 14.3 Å². The first-order chi connectivity index (χ1) is 5.24. The summed E-state index contributed by atoms with van der Waals surface area (Å²) in [6.07, 6.45) is 2.92. The molecule has 1 aliphatic rings. The third-order valence-electron chi connectivity index (χ3n) is 2.15. The molecule has 0 saturated heterocycles. The second-order valence-electron chi connectivity index (χ2n) is 2.94. The molecular weight excluding hydrogens is 144 g/mol. The fourth-order valence-electron chi connectivity index (χ4n) is 1.21. The minimum Gasteiger partial charge on any atom is -0.466 e. The molecule has 2 unspecified atom stereocenters. The van der Waals surface area contributed by atoms with Gasteiger partial charge in [-0.3, -0.25) is 4.79 Å². The molecule has 0 aliphatic heterocycles. The van der Waals surface area contributed by atoms with Crippen LogP contribution in [0.1, 0.15) is 19.8 Å². The highest BCUT2D eigenvalue weighted by molar-refractivity contribution is 5.66. The van der Waals surface area contributed by atoms with Crippen LogP contribution in [0.15, 0.2) is 0 Å². The van der Waals surface area contributed by atoms with E-state index in [9.17, 15) is 9.59 Å². The van der Waals surface area contributed by atoms with Gasteiger partial charge in [0.05, 0.1) is 6.61 Å². The van der Waals surface area contributed by atoms with E-state index < -0.39 is 0 Å². The maximum atomic E-state index is 10.4. The van der Waals surface area contributed by atoms with Crippen molar-refractivity contribution in [3.8, 4) is 0 Å². The molecule has 1 rings (SSSR count). The molecule has 0 aromatic rings. The van der Waals surface area contributed by atoms with Crippen LogP contribution in [0.5, 0.6) is 0 Å². The predicted molar refractivity (Wildman–Crippen MR) is 38.9 cm³/mol. The van der Waals surface area contributed by atoms with Gasteiger partial charge in [-0.05, 0) is 12.8 Å². The van der Waals surface area contributed by atoms with Gasteiger partial charge in [0.1, 0.15) is 6.29 Å². The van der Waals surface area contributed by atoms with Crippen molar-refractivity contribution in [2.45, 2.75) is 19.8 Å². The zero-order chi connectivity index (χ0) is 8.27. The molecule has 1 aliphatic carbocycles. The monoisotopic (exact) mass is 156 g/mol. The number of hydrogen-bond acceptors (Lipinski definition) is 3. The van der Waals surface area contributed by atoms with Gasteiger partial charge in [0.15, 0.2) is 0 Å². The molecular formula is C8H12O3. The second-order valence-corrected chi connectivity index (χ2v) is 2.94. The lowest BCUT2D eigenvalue weighted by molar-refractivity contribution is -0.145. The van der Waals surface area contributed by atoms with E-state index in [4.69, 9.17) is 4.74 Å². The lowest BCUT2D eigenvalue weighted by Crippen LogP contribution is -2.31. The van der Waals surface area contributed by atoms with Crippen LogP contribution in [0.2, 0.25) is 0 Å². The average Bonchev–Trinajstić information content (AvgIpc) is 1.86. The molecule has 0 heterocycles. The lowest BCUT2D eigenvalue weighted by Gasteiger charge is -2.31. The summed E-state index contributed by atoms with van der Waals surface area (Å²) in [5, 5.41) is 0. The van der Waals surface area contributed by atoms with Gasteiger partial charge in [-0.15, -0.1) is 0 Å². The Balaban J connectivity index is 2.17. The third-order valence-corrected chi connectivity index (χ3v) is 2.15. The molecule has 62 valence electrons. The smallest absolute Gasteiger partial charge is 0.302 e. The Labute approximate surface area is 65.7 Å². The number of aldehydes is 1. The van der Waals surface area contributed by atoms with E-state index in [1.807, 2.05) is 0 Å².